The van der Waals surface area contributed by atoms with E-state index in [4.69, 9.17) is 0 Å². The third-order valence-electron chi connectivity index (χ3n) is 4.66. The van der Waals surface area contributed by atoms with Gasteiger partial charge in [-0.1, -0.05) is 0 Å². The highest BCUT2D eigenvalue weighted by atomic mass is 16.2. The molecule has 2 aliphatic heterocycles. The maximum absolute atomic E-state index is 12.7. The fraction of sp³-hybridized carbons (Fsp3) is 0.533. The van der Waals surface area contributed by atoms with E-state index in [2.05, 4.69) is 20.5 Å². The number of nitrogens with one attached hydrogen (secondary N) is 2. The smallest absolute Gasteiger partial charge is 0.255 e. The van der Waals surface area contributed by atoms with Gasteiger partial charge in [0.2, 0.25) is 0 Å². The third-order valence-corrected chi connectivity index (χ3v) is 4.66. The van der Waals surface area contributed by atoms with Crippen molar-refractivity contribution in [3.63, 3.8) is 0 Å². The molecule has 21 heavy (non-hydrogen) atoms. The Bertz CT molecular complexity index is 694. The SMILES string of the molecule is Cc1[nH]nc2ncc(C(=O)N3CCC4CCC(C3)N4)cc12. The van der Waals surface area contributed by atoms with Crippen molar-refractivity contribution >= 4 is 16.9 Å². The lowest BCUT2D eigenvalue weighted by Gasteiger charge is -2.24. The van der Waals surface area contributed by atoms with E-state index in [9.17, 15) is 4.79 Å². The maximum Gasteiger partial charge on any atom is 0.255 e. The van der Waals surface area contributed by atoms with Gasteiger partial charge in [0, 0.05) is 42.5 Å². The van der Waals surface area contributed by atoms with Crippen LogP contribution in [0.5, 0.6) is 0 Å². The Balaban J connectivity index is 1.61. The lowest BCUT2D eigenvalue weighted by Crippen LogP contribution is -2.39. The molecule has 4 rings (SSSR count). The summed E-state index contributed by atoms with van der Waals surface area (Å²) in [5.41, 5.74) is 2.27. The monoisotopic (exact) mass is 285 g/mol. The van der Waals surface area contributed by atoms with Gasteiger partial charge >= 0.3 is 0 Å². The van der Waals surface area contributed by atoms with Crippen molar-refractivity contribution in [2.75, 3.05) is 13.1 Å². The second kappa shape index (κ2) is 4.80. The highest BCUT2D eigenvalue weighted by Crippen LogP contribution is 2.22. The van der Waals surface area contributed by atoms with Crippen LogP contribution in [0.4, 0.5) is 0 Å². The number of amides is 1. The summed E-state index contributed by atoms with van der Waals surface area (Å²) >= 11 is 0. The van der Waals surface area contributed by atoms with Crippen LogP contribution in [0.25, 0.3) is 11.0 Å². The van der Waals surface area contributed by atoms with Gasteiger partial charge in [0.05, 0.1) is 5.56 Å². The number of aromatic nitrogens is 3. The Hall–Kier alpha value is -1.95. The largest absolute Gasteiger partial charge is 0.337 e. The van der Waals surface area contributed by atoms with Crippen LogP contribution in [0.1, 0.15) is 35.3 Å². The molecule has 4 heterocycles. The second-order valence-corrected chi connectivity index (χ2v) is 6.12. The van der Waals surface area contributed by atoms with Gasteiger partial charge in [-0.25, -0.2) is 4.98 Å². The van der Waals surface area contributed by atoms with E-state index < -0.39 is 0 Å². The standard InChI is InChI=1S/C15H19N5O/c1-9-13-6-10(7-16-14(13)19-18-9)15(21)20-5-4-11-2-3-12(8-20)17-11/h6-7,11-12,17H,2-5,8H2,1H3,(H,16,18,19). The number of aromatic amines is 1. The quantitative estimate of drug-likeness (QED) is 0.826. The summed E-state index contributed by atoms with van der Waals surface area (Å²) in [6.07, 6.45) is 5.10. The number of aryl methyl sites for hydroxylation is 1. The molecular formula is C15H19N5O. The average Bonchev–Trinajstić information content (AvgIpc) is 3.01. The molecule has 2 fully saturated rings. The molecule has 2 unspecified atom stereocenters. The van der Waals surface area contributed by atoms with Gasteiger partial charge in [-0.15, -0.1) is 0 Å². The molecule has 2 atom stereocenters. The lowest BCUT2D eigenvalue weighted by atomic mass is 10.1. The molecule has 2 aliphatic rings. The summed E-state index contributed by atoms with van der Waals surface area (Å²) in [6.45, 7) is 3.58. The molecule has 2 saturated heterocycles. The zero-order chi connectivity index (χ0) is 14.4. The molecule has 0 radical (unpaired) electrons. The lowest BCUT2D eigenvalue weighted by molar-refractivity contribution is 0.0748. The van der Waals surface area contributed by atoms with Gasteiger partial charge in [0.25, 0.3) is 5.91 Å². The number of pyridine rings is 1. The molecule has 110 valence electrons. The molecule has 6 nitrogen and oxygen atoms in total. The molecule has 0 saturated carbocycles. The second-order valence-electron chi connectivity index (χ2n) is 6.12. The molecule has 6 heteroatoms. The Kier molecular flexibility index (Phi) is 2.92. The van der Waals surface area contributed by atoms with Gasteiger partial charge in [-0.05, 0) is 32.3 Å². The van der Waals surface area contributed by atoms with Gasteiger partial charge in [-0.2, -0.15) is 5.10 Å². The predicted molar refractivity (Wildman–Crippen MR) is 79.1 cm³/mol. The summed E-state index contributed by atoms with van der Waals surface area (Å²) < 4.78 is 0. The Morgan fingerprint density at radius 3 is 3.10 bits per heavy atom. The third kappa shape index (κ3) is 2.19. The summed E-state index contributed by atoms with van der Waals surface area (Å²) in [4.78, 5) is 19.0. The Labute approximate surface area is 122 Å². The zero-order valence-electron chi connectivity index (χ0n) is 12.1. The molecule has 0 spiro atoms. The average molecular weight is 285 g/mol. The molecule has 2 aromatic rings. The number of fused-ring (bicyclic) bond motifs is 3. The van der Waals surface area contributed by atoms with Gasteiger partial charge in [0.15, 0.2) is 5.65 Å². The van der Waals surface area contributed by atoms with E-state index in [1.165, 1.54) is 12.8 Å². The minimum absolute atomic E-state index is 0.0827. The molecule has 2 aromatic heterocycles. The number of likely N-dealkylation sites (tertiary alicyclic amines) is 1. The van der Waals surface area contributed by atoms with Gasteiger partial charge in [-0.3, -0.25) is 9.89 Å². The highest BCUT2D eigenvalue weighted by molar-refractivity contribution is 5.97. The predicted octanol–water partition coefficient (Wildman–Crippen LogP) is 1.23. The van der Waals surface area contributed by atoms with Crippen LogP contribution < -0.4 is 5.32 Å². The van der Waals surface area contributed by atoms with Crippen molar-refractivity contribution in [3.05, 3.63) is 23.5 Å². The van der Waals surface area contributed by atoms with Crippen molar-refractivity contribution in [2.24, 2.45) is 0 Å². The topological polar surface area (TPSA) is 73.9 Å². The van der Waals surface area contributed by atoms with Crippen LogP contribution in [0.2, 0.25) is 0 Å². The van der Waals surface area contributed by atoms with E-state index in [0.717, 1.165) is 30.6 Å². The summed E-state index contributed by atoms with van der Waals surface area (Å²) in [7, 11) is 0. The van der Waals surface area contributed by atoms with Crippen molar-refractivity contribution in [1.29, 1.82) is 0 Å². The Morgan fingerprint density at radius 2 is 2.19 bits per heavy atom. The highest BCUT2D eigenvalue weighted by Gasteiger charge is 2.31. The first kappa shape index (κ1) is 12.8. The van der Waals surface area contributed by atoms with Crippen LogP contribution in [0.3, 0.4) is 0 Å². The van der Waals surface area contributed by atoms with Crippen LogP contribution in [-0.2, 0) is 0 Å². The molecule has 2 N–H and O–H groups in total. The number of hydrogen-bond acceptors (Lipinski definition) is 4. The first-order valence-corrected chi connectivity index (χ1v) is 7.57. The van der Waals surface area contributed by atoms with E-state index in [1.807, 2.05) is 17.9 Å². The van der Waals surface area contributed by atoms with Crippen molar-refractivity contribution < 1.29 is 4.79 Å². The van der Waals surface area contributed by atoms with Crippen molar-refractivity contribution in [1.82, 2.24) is 25.4 Å². The van der Waals surface area contributed by atoms with Crippen LogP contribution >= 0.6 is 0 Å². The van der Waals surface area contributed by atoms with Crippen LogP contribution in [0, 0.1) is 6.92 Å². The summed E-state index contributed by atoms with van der Waals surface area (Å²) in [5, 5.41) is 11.5. The fourth-order valence-corrected chi connectivity index (χ4v) is 3.45. The number of carbonyl (C=O) groups excluding carboxylic acids is 1. The van der Waals surface area contributed by atoms with Crippen molar-refractivity contribution in [3.8, 4) is 0 Å². The van der Waals surface area contributed by atoms with Crippen LogP contribution in [-0.4, -0.2) is 51.2 Å². The number of H-pyrrole nitrogens is 1. The van der Waals surface area contributed by atoms with E-state index >= 15 is 0 Å². The minimum atomic E-state index is 0.0827. The Morgan fingerprint density at radius 1 is 1.33 bits per heavy atom. The van der Waals surface area contributed by atoms with E-state index in [0.29, 0.717) is 23.3 Å². The molecule has 0 aromatic carbocycles. The van der Waals surface area contributed by atoms with E-state index in [1.54, 1.807) is 6.20 Å². The number of hydrogen-bond donors (Lipinski definition) is 2. The summed E-state index contributed by atoms with van der Waals surface area (Å²) in [6, 6.07) is 2.94. The minimum Gasteiger partial charge on any atom is -0.337 e. The van der Waals surface area contributed by atoms with E-state index in [-0.39, 0.29) is 5.91 Å². The number of nitrogens with zero attached hydrogens (tertiary/aromatic N) is 3. The van der Waals surface area contributed by atoms with Gasteiger partial charge < -0.3 is 10.2 Å². The maximum atomic E-state index is 12.7. The zero-order valence-corrected chi connectivity index (χ0v) is 12.1. The van der Waals surface area contributed by atoms with Crippen molar-refractivity contribution in [2.45, 2.75) is 38.3 Å². The normalized spacial score (nSPS) is 25.3. The number of rotatable bonds is 1. The molecule has 1 amide bonds. The first-order chi connectivity index (χ1) is 10.2. The molecule has 0 aliphatic carbocycles. The molecular weight excluding hydrogens is 266 g/mol. The fourth-order valence-electron chi connectivity index (χ4n) is 3.45. The molecule has 2 bridgehead atoms. The number of carbonyl (C=O) groups is 1. The summed E-state index contributed by atoms with van der Waals surface area (Å²) in [5.74, 6) is 0.0827. The van der Waals surface area contributed by atoms with Gasteiger partial charge in [0.1, 0.15) is 0 Å². The van der Waals surface area contributed by atoms with Crippen LogP contribution in [0.15, 0.2) is 12.3 Å². The first-order valence-electron chi connectivity index (χ1n) is 7.57.